The van der Waals surface area contributed by atoms with E-state index in [9.17, 15) is 9.59 Å². The Kier molecular flexibility index (Phi) is 3.14. The van der Waals surface area contributed by atoms with E-state index < -0.39 is 5.97 Å². The van der Waals surface area contributed by atoms with Gasteiger partial charge in [0.2, 0.25) is 0 Å². The lowest BCUT2D eigenvalue weighted by Gasteiger charge is -2.00. The lowest BCUT2D eigenvalue weighted by molar-refractivity contribution is -0.120. The van der Waals surface area contributed by atoms with Gasteiger partial charge in [-0.05, 0) is 19.1 Å². The first-order valence-electron chi connectivity index (χ1n) is 3.77. The Morgan fingerprint density at radius 1 is 1.54 bits per heavy atom. The number of pyridine rings is 1. The van der Waals surface area contributed by atoms with Crippen molar-refractivity contribution in [2.75, 3.05) is 6.61 Å². The van der Waals surface area contributed by atoms with Crippen molar-refractivity contribution in [3.05, 3.63) is 30.1 Å². The summed E-state index contributed by atoms with van der Waals surface area (Å²) in [5, 5.41) is 0. The third-order valence-corrected chi connectivity index (χ3v) is 1.30. The van der Waals surface area contributed by atoms with Gasteiger partial charge in [-0.25, -0.2) is 4.79 Å². The number of esters is 1. The van der Waals surface area contributed by atoms with Crippen molar-refractivity contribution in [3.8, 4) is 0 Å². The lowest BCUT2D eigenvalue weighted by Crippen LogP contribution is -2.11. The molecule has 0 aromatic carbocycles. The van der Waals surface area contributed by atoms with Gasteiger partial charge in [0.15, 0.2) is 5.78 Å². The molecule has 0 aliphatic heterocycles. The summed E-state index contributed by atoms with van der Waals surface area (Å²) in [5.74, 6) is -0.708. The molecule has 1 heterocycles. The maximum absolute atomic E-state index is 11.1. The topological polar surface area (TPSA) is 56.3 Å². The summed E-state index contributed by atoms with van der Waals surface area (Å²) < 4.78 is 4.66. The predicted molar refractivity (Wildman–Crippen MR) is 45.2 cm³/mol. The molecule has 0 spiro atoms. The molecule has 1 aromatic rings. The third-order valence-electron chi connectivity index (χ3n) is 1.30. The summed E-state index contributed by atoms with van der Waals surface area (Å²) in [4.78, 5) is 25.4. The molecule has 0 saturated heterocycles. The molecule has 0 fully saturated rings. The predicted octanol–water partition coefficient (Wildman–Crippen LogP) is 0.827. The van der Waals surface area contributed by atoms with Crippen LogP contribution < -0.4 is 0 Å². The second kappa shape index (κ2) is 4.35. The van der Waals surface area contributed by atoms with E-state index >= 15 is 0 Å². The number of aromatic nitrogens is 1. The Bertz CT molecular complexity index is 308. The number of ketones is 1. The van der Waals surface area contributed by atoms with Crippen molar-refractivity contribution < 1.29 is 14.3 Å². The Balaban J connectivity index is 2.54. The van der Waals surface area contributed by atoms with E-state index in [0.717, 1.165) is 0 Å². The number of nitrogens with zero attached hydrogens (tertiary/aromatic N) is 1. The standard InChI is InChI=1S/C9H9NO3/c1-7(11)6-13-9(12)8-3-2-4-10-5-8/h2-5H,6H2,1H3. The van der Waals surface area contributed by atoms with Gasteiger partial charge >= 0.3 is 5.97 Å². The van der Waals surface area contributed by atoms with Crippen LogP contribution in [0.1, 0.15) is 17.3 Å². The quantitative estimate of drug-likeness (QED) is 0.645. The number of ether oxygens (including phenoxy) is 1. The molecule has 0 atom stereocenters. The highest BCUT2D eigenvalue weighted by Crippen LogP contribution is 1.98. The first-order valence-corrected chi connectivity index (χ1v) is 3.77. The van der Waals surface area contributed by atoms with Gasteiger partial charge in [0.25, 0.3) is 0 Å². The summed E-state index contributed by atoms with van der Waals surface area (Å²) in [6, 6.07) is 3.21. The highest BCUT2D eigenvalue weighted by molar-refractivity contribution is 5.90. The molecule has 0 radical (unpaired) electrons. The second-order valence-electron chi connectivity index (χ2n) is 2.52. The zero-order chi connectivity index (χ0) is 9.68. The van der Waals surface area contributed by atoms with Crippen LogP contribution in [-0.4, -0.2) is 23.3 Å². The largest absolute Gasteiger partial charge is 0.454 e. The Labute approximate surface area is 75.5 Å². The van der Waals surface area contributed by atoms with E-state index in [-0.39, 0.29) is 12.4 Å². The molecule has 4 heteroatoms. The van der Waals surface area contributed by atoms with E-state index in [1.165, 1.54) is 13.1 Å². The average Bonchev–Trinajstić information content (AvgIpc) is 2.15. The highest BCUT2D eigenvalue weighted by Gasteiger charge is 2.06. The summed E-state index contributed by atoms with van der Waals surface area (Å²) in [6.45, 7) is 1.17. The van der Waals surface area contributed by atoms with E-state index in [0.29, 0.717) is 5.56 Å². The van der Waals surface area contributed by atoms with Gasteiger partial charge in [0.05, 0.1) is 5.56 Å². The molecule has 0 amide bonds. The van der Waals surface area contributed by atoms with Crippen LogP contribution >= 0.6 is 0 Å². The minimum absolute atomic E-state index is 0.183. The van der Waals surface area contributed by atoms with Crippen molar-refractivity contribution in [2.24, 2.45) is 0 Å². The van der Waals surface area contributed by atoms with Crippen LogP contribution in [0, 0.1) is 0 Å². The van der Waals surface area contributed by atoms with Crippen LogP contribution in [0.3, 0.4) is 0 Å². The molecular weight excluding hydrogens is 170 g/mol. The number of carbonyl (C=O) groups excluding carboxylic acids is 2. The zero-order valence-corrected chi connectivity index (χ0v) is 7.19. The number of rotatable bonds is 3. The van der Waals surface area contributed by atoms with E-state index in [1.807, 2.05) is 0 Å². The molecule has 0 saturated carbocycles. The minimum atomic E-state index is -0.525. The van der Waals surface area contributed by atoms with Crippen LogP contribution in [0.5, 0.6) is 0 Å². The molecule has 1 aromatic heterocycles. The Morgan fingerprint density at radius 3 is 2.85 bits per heavy atom. The van der Waals surface area contributed by atoms with Crippen molar-refractivity contribution in [2.45, 2.75) is 6.92 Å². The SMILES string of the molecule is CC(=O)COC(=O)c1cccnc1. The lowest BCUT2D eigenvalue weighted by atomic mass is 10.3. The van der Waals surface area contributed by atoms with E-state index in [4.69, 9.17) is 0 Å². The second-order valence-corrected chi connectivity index (χ2v) is 2.52. The number of hydrogen-bond acceptors (Lipinski definition) is 4. The van der Waals surface area contributed by atoms with Gasteiger partial charge in [-0.15, -0.1) is 0 Å². The molecule has 4 nitrogen and oxygen atoms in total. The zero-order valence-electron chi connectivity index (χ0n) is 7.19. The number of hydrogen-bond donors (Lipinski definition) is 0. The summed E-state index contributed by atoms with van der Waals surface area (Å²) in [5.41, 5.74) is 0.351. The maximum Gasteiger partial charge on any atom is 0.340 e. The monoisotopic (exact) mass is 179 g/mol. The van der Waals surface area contributed by atoms with Gasteiger partial charge in [0, 0.05) is 12.4 Å². The molecule has 68 valence electrons. The van der Waals surface area contributed by atoms with Gasteiger partial charge in [0.1, 0.15) is 6.61 Å². The van der Waals surface area contributed by atoms with Crippen LogP contribution in [0.4, 0.5) is 0 Å². The van der Waals surface area contributed by atoms with Gasteiger partial charge < -0.3 is 4.74 Å². The third kappa shape index (κ3) is 3.02. The Morgan fingerprint density at radius 2 is 2.31 bits per heavy atom. The van der Waals surface area contributed by atoms with Crippen LogP contribution in [0.25, 0.3) is 0 Å². The smallest absolute Gasteiger partial charge is 0.340 e. The van der Waals surface area contributed by atoms with Crippen LogP contribution in [-0.2, 0) is 9.53 Å². The number of carbonyl (C=O) groups is 2. The number of Topliss-reactive ketones (excluding diaryl/α,β-unsaturated/α-hetero) is 1. The van der Waals surface area contributed by atoms with Gasteiger partial charge in [-0.3, -0.25) is 9.78 Å². The fourth-order valence-corrected chi connectivity index (χ4v) is 0.734. The molecule has 0 N–H and O–H groups in total. The van der Waals surface area contributed by atoms with Crippen molar-refractivity contribution in [3.63, 3.8) is 0 Å². The fourth-order valence-electron chi connectivity index (χ4n) is 0.734. The summed E-state index contributed by atoms with van der Waals surface area (Å²) in [6.07, 6.45) is 2.95. The summed E-state index contributed by atoms with van der Waals surface area (Å²) >= 11 is 0. The fraction of sp³-hybridized carbons (Fsp3) is 0.222. The molecule has 0 bridgehead atoms. The normalized spacial score (nSPS) is 9.31. The van der Waals surface area contributed by atoms with E-state index in [1.54, 1.807) is 18.3 Å². The van der Waals surface area contributed by atoms with Gasteiger partial charge in [-0.1, -0.05) is 0 Å². The maximum atomic E-state index is 11.1. The van der Waals surface area contributed by atoms with Crippen LogP contribution in [0.15, 0.2) is 24.5 Å². The average molecular weight is 179 g/mol. The molecular formula is C9H9NO3. The molecule has 13 heavy (non-hydrogen) atoms. The van der Waals surface area contributed by atoms with Crippen LogP contribution in [0.2, 0.25) is 0 Å². The molecule has 0 aliphatic carbocycles. The summed E-state index contributed by atoms with van der Waals surface area (Å²) in [7, 11) is 0. The minimum Gasteiger partial charge on any atom is -0.454 e. The molecule has 0 unspecified atom stereocenters. The Hall–Kier alpha value is -1.71. The first-order chi connectivity index (χ1) is 6.20. The molecule has 0 aliphatic rings. The van der Waals surface area contributed by atoms with Gasteiger partial charge in [-0.2, -0.15) is 0 Å². The van der Waals surface area contributed by atoms with E-state index in [2.05, 4.69) is 9.72 Å². The first kappa shape index (κ1) is 9.38. The highest BCUT2D eigenvalue weighted by atomic mass is 16.5. The molecule has 1 rings (SSSR count). The van der Waals surface area contributed by atoms with Crippen molar-refractivity contribution >= 4 is 11.8 Å². The van der Waals surface area contributed by atoms with Crippen molar-refractivity contribution in [1.29, 1.82) is 0 Å². The van der Waals surface area contributed by atoms with Crippen molar-refractivity contribution in [1.82, 2.24) is 4.98 Å².